The number of phenols is 1. The first-order chi connectivity index (χ1) is 14.7. The molecule has 2 aromatic rings. The molecule has 6 nitrogen and oxygen atoms in total. The van der Waals surface area contributed by atoms with Crippen LogP contribution in [0.4, 0.5) is 13.2 Å². The Balaban J connectivity index is 1.29. The molecule has 1 aliphatic carbocycles. The number of amides is 2. The van der Waals surface area contributed by atoms with Crippen LogP contribution in [0.25, 0.3) is 0 Å². The molecule has 2 atom stereocenters. The minimum Gasteiger partial charge on any atom is -0.508 e. The van der Waals surface area contributed by atoms with Gasteiger partial charge in [-0.15, -0.1) is 13.2 Å². The van der Waals surface area contributed by atoms with Crippen molar-refractivity contribution in [2.24, 2.45) is 5.92 Å². The van der Waals surface area contributed by atoms with E-state index in [9.17, 15) is 27.9 Å². The van der Waals surface area contributed by atoms with Crippen molar-refractivity contribution in [3.05, 3.63) is 59.7 Å². The normalized spacial score (nSPS) is 21.0. The highest BCUT2D eigenvalue weighted by atomic mass is 19.4. The monoisotopic (exact) mass is 434 g/mol. The van der Waals surface area contributed by atoms with Gasteiger partial charge in [-0.05, 0) is 54.3 Å². The predicted molar refractivity (Wildman–Crippen MR) is 105 cm³/mol. The molecule has 0 aromatic heterocycles. The second kappa shape index (κ2) is 8.13. The van der Waals surface area contributed by atoms with Crippen molar-refractivity contribution >= 4 is 11.8 Å². The van der Waals surface area contributed by atoms with E-state index in [4.69, 9.17) is 0 Å². The molecule has 2 fully saturated rings. The maximum atomic E-state index is 12.8. The van der Waals surface area contributed by atoms with E-state index in [1.807, 2.05) is 0 Å². The van der Waals surface area contributed by atoms with Gasteiger partial charge >= 0.3 is 6.36 Å². The first-order valence-electron chi connectivity index (χ1n) is 9.94. The Kier molecular flexibility index (Phi) is 5.51. The van der Waals surface area contributed by atoms with Gasteiger partial charge in [-0.3, -0.25) is 9.59 Å². The van der Waals surface area contributed by atoms with Crippen LogP contribution in [0.5, 0.6) is 11.5 Å². The molecule has 2 aliphatic rings. The van der Waals surface area contributed by atoms with Crippen LogP contribution in [0, 0.1) is 5.92 Å². The molecular formula is C22H21F3N2O4. The zero-order valence-corrected chi connectivity index (χ0v) is 16.5. The summed E-state index contributed by atoms with van der Waals surface area (Å²) in [5, 5.41) is 9.34. The molecule has 1 N–H and O–H groups in total. The fraction of sp³-hybridized carbons (Fsp3) is 0.364. The number of benzene rings is 2. The van der Waals surface area contributed by atoms with Crippen molar-refractivity contribution in [2.75, 3.05) is 26.2 Å². The summed E-state index contributed by atoms with van der Waals surface area (Å²) in [5.74, 6) is -0.518. The minimum atomic E-state index is -4.73. The number of alkyl halides is 3. The number of carbonyl (C=O) groups excluding carboxylic acids is 2. The van der Waals surface area contributed by atoms with Gasteiger partial charge in [-0.25, -0.2) is 0 Å². The second-order valence-corrected chi connectivity index (χ2v) is 7.73. The first-order valence-corrected chi connectivity index (χ1v) is 9.94. The highest BCUT2D eigenvalue weighted by molar-refractivity contribution is 5.94. The number of aromatic hydroxyl groups is 1. The average Bonchev–Trinajstić information content (AvgIpc) is 3.54. The molecule has 1 heterocycles. The number of phenolic OH excluding ortho intramolecular Hbond substituents is 1. The third-order valence-electron chi connectivity index (χ3n) is 5.64. The van der Waals surface area contributed by atoms with E-state index in [1.165, 1.54) is 24.3 Å². The van der Waals surface area contributed by atoms with Crippen molar-refractivity contribution in [1.29, 1.82) is 0 Å². The fourth-order valence-corrected chi connectivity index (χ4v) is 3.90. The van der Waals surface area contributed by atoms with Crippen LogP contribution in [-0.4, -0.2) is 59.3 Å². The number of hydrogen-bond donors (Lipinski definition) is 1. The summed E-state index contributed by atoms with van der Waals surface area (Å²) >= 11 is 0. The smallest absolute Gasteiger partial charge is 0.508 e. The molecule has 1 aliphatic heterocycles. The topological polar surface area (TPSA) is 70.1 Å². The van der Waals surface area contributed by atoms with E-state index in [-0.39, 0.29) is 35.1 Å². The third kappa shape index (κ3) is 4.92. The summed E-state index contributed by atoms with van der Waals surface area (Å²) in [6, 6.07) is 11.7. The van der Waals surface area contributed by atoms with Crippen molar-refractivity contribution in [1.82, 2.24) is 9.80 Å². The van der Waals surface area contributed by atoms with E-state index in [1.54, 1.807) is 34.1 Å². The lowest BCUT2D eigenvalue weighted by Crippen LogP contribution is -2.51. The molecule has 0 unspecified atom stereocenters. The molecule has 164 valence electrons. The number of ether oxygens (including phenoxy) is 1. The zero-order valence-electron chi connectivity index (χ0n) is 16.5. The van der Waals surface area contributed by atoms with Gasteiger partial charge < -0.3 is 19.6 Å². The predicted octanol–water partition coefficient (Wildman–Crippen LogP) is 3.38. The molecule has 0 bridgehead atoms. The van der Waals surface area contributed by atoms with Crippen LogP contribution in [0.1, 0.15) is 28.3 Å². The first kappa shape index (κ1) is 21.0. The van der Waals surface area contributed by atoms with Gasteiger partial charge in [0.15, 0.2) is 0 Å². The zero-order chi connectivity index (χ0) is 22.2. The second-order valence-electron chi connectivity index (χ2n) is 7.73. The third-order valence-corrected chi connectivity index (χ3v) is 5.64. The van der Waals surface area contributed by atoms with Gasteiger partial charge in [0, 0.05) is 37.7 Å². The fourth-order valence-electron chi connectivity index (χ4n) is 3.90. The van der Waals surface area contributed by atoms with E-state index < -0.39 is 6.36 Å². The Hall–Kier alpha value is -3.23. The van der Waals surface area contributed by atoms with Gasteiger partial charge in [-0.2, -0.15) is 0 Å². The Morgan fingerprint density at radius 2 is 1.48 bits per heavy atom. The SMILES string of the molecule is O=C(c1ccc(O)cc1)N1CCN(C(=O)[C@@H]2C[C@H]2c2ccc(OC(F)(F)F)cc2)CC1. The summed E-state index contributed by atoms with van der Waals surface area (Å²) in [4.78, 5) is 28.8. The number of piperazine rings is 1. The van der Waals surface area contributed by atoms with Crippen molar-refractivity contribution in [3.63, 3.8) is 0 Å². The average molecular weight is 434 g/mol. The van der Waals surface area contributed by atoms with E-state index >= 15 is 0 Å². The van der Waals surface area contributed by atoms with Crippen LogP contribution in [0.2, 0.25) is 0 Å². The summed E-state index contributed by atoms with van der Waals surface area (Å²) in [6.45, 7) is 1.72. The lowest BCUT2D eigenvalue weighted by atomic mass is 10.1. The molecule has 0 radical (unpaired) electrons. The number of rotatable bonds is 4. The van der Waals surface area contributed by atoms with E-state index in [0.29, 0.717) is 38.2 Å². The standard InChI is InChI=1S/C22H21F3N2O4/c23-22(24,25)31-17-7-3-14(4-8-17)18-13-19(18)21(30)27-11-9-26(10-12-27)20(29)15-1-5-16(28)6-2-15/h1-8,18-19,28H,9-13H2/t18-,19+/m0/s1. The van der Waals surface area contributed by atoms with Gasteiger partial charge in [0.2, 0.25) is 5.91 Å². The van der Waals surface area contributed by atoms with Crippen LogP contribution >= 0.6 is 0 Å². The van der Waals surface area contributed by atoms with E-state index in [0.717, 1.165) is 5.56 Å². The highest BCUT2D eigenvalue weighted by Crippen LogP contribution is 2.48. The molecule has 31 heavy (non-hydrogen) atoms. The molecule has 2 amide bonds. The van der Waals surface area contributed by atoms with Gasteiger partial charge in [0.05, 0.1) is 0 Å². The number of halogens is 3. The summed E-state index contributed by atoms with van der Waals surface area (Å²) < 4.78 is 40.7. The lowest BCUT2D eigenvalue weighted by molar-refractivity contribution is -0.274. The molecule has 4 rings (SSSR count). The van der Waals surface area contributed by atoms with E-state index in [2.05, 4.69) is 4.74 Å². The number of carbonyl (C=O) groups is 2. The van der Waals surface area contributed by atoms with Crippen molar-refractivity contribution < 1.29 is 32.6 Å². The molecular weight excluding hydrogens is 413 g/mol. The Bertz CT molecular complexity index is 952. The van der Waals surface area contributed by atoms with Crippen molar-refractivity contribution in [3.8, 4) is 11.5 Å². The highest BCUT2D eigenvalue weighted by Gasteiger charge is 2.46. The van der Waals surface area contributed by atoms with Gasteiger partial charge in [0.1, 0.15) is 11.5 Å². The van der Waals surface area contributed by atoms with Crippen LogP contribution in [-0.2, 0) is 4.79 Å². The minimum absolute atomic E-state index is 0.0101. The van der Waals surface area contributed by atoms with Crippen LogP contribution in [0.15, 0.2) is 48.5 Å². The molecule has 1 saturated carbocycles. The van der Waals surface area contributed by atoms with Crippen LogP contribution in [0.3, 0.4) is 0 Å². The Labute approximate surface area is 176 Å². The maximum Gasteiger partial charge on any atom is 0.573 e. The Morgan fingerprint density at radius 1 is 0.903 bits per heavy atom. The maximum absolute atomic E-state index is 12.8. The molecule has 9 heteroatoms. The molecule has 2 aromatic carbocycles. The summed E-state index contributed by atoms with van der Waals surface area (Å²) in [6.07, 6.45) is -4.07. The number of hydrogen-bond acceptors (Lipinski definition) is 4. The quantitative estimate of drug-likeness (QED) is 0.801. The number of nitrogens with zero attached hydrogens (tertiary/aromatic N) is 2. The Morgan fingerprint density at radius 3 is 2.06 bits per heavy atom. The summed E-state index contributed by atoms with van der Waals surface area (Å²) in [7, 11) is 0. The molecule has 0 spiro atoms. The largest absolute Gasteiger partial charge is 0.573 e. The lowest BCUT2D eigenvalue weighted by Gasteiger charge is -2.35. The molecule has 1 saturated heterocycles. The van der Waals surface area contributed by atoms with Gasteiger partial charge in [-0.1, -0.05) is 12.1 Å². The van der Waals surface area contributed by atoms with Crippen LogP contribution < -0.4 is 4.74 Å². The van der Waals surface area contributed by atoms with Crippen molar-refractivity contribution in [2.45, 2.75) is 18.7 Å². The van der Waals surface area contributed by atoms with Gasteiger partial charge in [0.25, 0.3) is 5.91 Å². The summed E-state index contributed by atoms with van der Waals surface area (Å²) in [5.41, 5.74) is 1.30.